The summed E-state index contributed by atoms with van der Waals surface area (Å²) in [4.78, 5) is 0. The maximum absolute atomic E-state index is 8.95. The normalized spacial score (nSPS) is 9.94. The zero-order valence-electron chi connectivity index (χ0n) is 9.11. The summed E-state index contributed by atoms with van der Waals surface area (Å²) in [6.45, 7) is 2.04. The topological polar surface area (TPSA) is 59.0 Å². The first kappa shape index (κ1) is 11.5. The van der Waals surface area contributed by atoms with Gasteiger partial charge in [0.1, 0.15) is 35.4 Å². The highest BCUT2D eigenvalue weighted by Crippen LogP contribution is 2.25. The van der Waals surface area contributed by atoms with Crippen LogP contribution >= 0.6 is 11.6 Å². The van der Waals surface area contributed by atoms with Crippen LogP contribution in [0, 0.1) is 18.3 Å². The van der Waals surface area contributed by atoms with Crippen LogP contribution in [-0.2, 0) is 6.61 Å². The minimum absolute atomic E-state index is 0.242. The molecule has 0 aliphatic rings. The molecule has 0 unspecified atom stereocenters. The Morgan fingerprint density at radius 2 is 2.35 bits per heavy atom. The zero-order valence-corrected chi connectivity index (χ0v) is 9.86. The number of halogens is 1. The highest BCUT2D eigenvalue weighted by atomic mass is 35.5. The van der Waals surface area contributed by atoms with E-state index in [0.29, 0.717) is 22.0 Å². The molecule has 0 N–H and O–H groups in total. The molecule has 2 aromatic rings. The predicted octanol–water partition coefficient (Wildman–Crippen LogP) is 3.09. The summed E-state index contributed by atoms with van der Waals surface area (Å²) in [5, 5.41) is 13.1. The molecule has 0 radical (unpaired) electrons. The first-order valence-corrected chi connectivity index (χ1v) is 5.32. The van der Waals surface area contributed by atoms with Crippen LogP contribution in [0.5, 0.6) is 5.75 Å². The fourth-order valence-electron chi connectivity index (χ4n) is 1.37. The van der Waals surface area contributed by atoms with E-state index in [1.54, 1.807) is 31.2 Å². The Kier molecular flexibility index (Phi) is 3.31. The van der Waals surface area contributed by atoms with E-state index in [9.17, 15) is 0 Å². The molecule has 5 heteroatoms. The maximum Gasteiger partial charge on any atom is 0.139 e. The van der Waals surface area contributed by atoms with Crippen molar-refractivity contribution < 1.29 is 9.26 Å². The molecule has 86 valence electrons. The number of benzene rings is 1. The van der Waals surface area contributed by atoms with Crippen molar-refractivity contribution in [3.05, 3.63) is 46.3 Å². The largest absolute Gasteiger partial charge is 0.486 e. The van der Waals surface area contributed by atoms with Crippen molar-refractivity contribution in [2.24, 2.45) is 0 Å². The molecular weight excluding hydrogens is 240 g/mol. The summed E-state index contributed by atoms with van der Waals surface area (Å²) < 4.78 is 10.4. The van der Waals surface area contributed by atoms with Crippen molar-refractivity contribution in [2.45, 2.75) is 13.5 Å². The van der Waals surface area contributed by atoms with E-state index in [1.807, 2.05) is 6.07 Å². The Morgan fingerprint density at radius 3 is 3.00 bits per heavy atom. The smallest absolute Gasteiger partial charge is 0.139 e. The average Bonchev–Trinajstić information content (AvgIpc) is 2.72. The van der Waals surface area contributed by atoms with Gasteiger partial charge in [0.05, 0.1) is 5.02 Å². The van der Waals surface area contributed by atoms with E-state index < -0.39 is 0 Å². The molecule has 0 fully saturated rings. The van der Waals surface area contributed by atoms with E-state index in [4.69, 9.17) is 26.1 Å². The van der Waals surface area contributed by atoms with Crippen molar-refractivity contribution in [1.29, 1.82) is 5.26 Å². The van der Waals surface area contributed by atoms with E-state index in [0.717, 1.165) is 5.76 Å². The summed E-state index contributed by atoms with van der Waals surface area (Å²) in [7, 11) is 0. The van der Waals surface area contributed by atoms with Crippen molar-refractivity contribution in [3.8, 4) is 11.8 Å². The number of hydrogen-bond acceptors (Lipinski definition) is 4. The van der Waals surface area contributed by atoms with Gasteiger partial charge in [-0.1, -0.05) is 22.8 Å². The van der Waals surface area contributed by atoms with Crippen molar-refractivity contribution in [1.82, 2.24) is 5.16 Å². The van der Waals surface area contributed by atoms with Crippen LogP contribution in [0.25, 0.3) is 0 Å². The fraction of sp³-hybridized carbons (Fsp3) is 0.167. The lowest BCUT2D eigenvalue weighted by Crippen LogP contribution is -1.97. The minimum atomic E-state index is 0.242. The van der Waals surface area contributed by atoms with E-state index in [-0.39, 0.29) is 6.61 Å². The monoisotopic (exact) mass is 248 g/mol. The second-order valence-electron chi connectivity index (χ2n) is 3.44. The maximum atomic E-state index is 8.95. The number of rotatable bonds is 3. The number of nitrogens with zero attached hydrogens (tertiary/aromatic N) is 2. The third kappa shape index (κ3) is 2.58. The van der Waals surface area contributed by atoms with Crippen molar-refractivity contribution >= 4 is 11.6 Å². The Labute approximate surface area is 103 Å². The van der Waals surface area contributed by atoms with Gasteiger partial charge in [-0.15, -0.1) is 0 Å². The Morgan fingerprint density at radius 1 is 1.53 bits per heavy atom. The highest BCUT2D eigenvalue weighted by molar-refractivity contribution is 6.31. The third-order valence-electron chi connectivity index (χ3n) is 2.14. The van der Waals surface area contributed by atoms with Gasteiger partial charge in [0.25, 0.3) is 0 Å². The van der Waals surface area contributed by atoms with Crippen LogP contribution in [-0.4, -0.2) is 5.16 Å². The van der Waals surface area contributed by atoms with Crippen molar-refractivity contribution in [3.63, 3.8) is 0 Å². The fourth-order valence-corrected chi connectivity index (χ4v) is 1.58. The van der Waals surface area contributed by atoms with Gasteiger partial charge >= 0.3 is 0 Å². The van der Waals surface area contributed by atoms with Crippen LogP contribution in [0.1, 0.15) is 17.0 Å². The second-order valence-corrected chi connectivity index (χ2v) is 3.85. The molecule has 0 amide bonds. The quantitative estimate of drug-likeness (QED) is 0.838. The van der Waals surface area contributed by atoms with Gasteiger partial charge in [0, 0.05) is 6.07 Å². The summed E-state index contributed by atoms with van der Waals surface area (Å²) in [6, 6.07) is 8.85. The predicted molar refractivity (Wildman–Crippen MR) is 61.7 cm³/mol. The number of hydrogen-bond donors (Lipinski definition) is 0. The van der Waals surface area contributed by atoms with E-state index >= 15 is 0 Å². The molecule has 4 nitrogen and oxygen atoms in total. The molecule has 1 heterocycles. The molecule has 0 aliphatic carbocycles. The minimum Gasteiger partial charge on any atom is -0.486 e. The Bertz CT molecular complexity index is 572. The lowest BCUT2D eigenvalue weighted by atomic mass is 10.2. The van der Waals surface area contributed by atoms with Gasteiger partial charge in [0.15, 0.2) is 0 Å². The SMILES string of the molecule is Cc1cc(COc2cccc(Cl)c2C#N)no1. The van der Waals surface area contributed by atoms with Gasteiger partial charge in [-0.3, -0.25) is 0 Å². The first-order valence-electron chi connectivity index (χ1n) is 4.94. The summed E-state index contributed by atoms with van der Waals surface area (Å²) in [5.41, 5.74) is 1.00. The number of aromatic nitrogens is 1. The average molecular weight is 249 g/mol. The van der Waals surface area contributed by atoms with Gasteiger partial charge in [-0.2, -0.15) is 5.26 Å². The van der Waals surface area contributed by atoms with Gasteiger partial charge in [0.2, 0.25) is 0 Å². The van der Waals surface area contributed by atoms with Crippen molar-refractivity contribution in [2.75, 3.05) is 0 Å². The molecule has 0 spiro atoms. The molecule has 0 atom stereocenters. The van der Waals surface area contributed by atoms with Crippen LogP contribution in [0.15, 0.2) is 28.8 Å². The molecule has 2 rings (SSSR count). The summed E-state index contributed by atoms with van der Waals surface area (Å²) in [5.74, 6) is 1.16. The molecule has 0 bridgehead atoms. The molecule has 0 saturated heterocycles. The van der Waals surface area contributed by atoms with Crippen LogP contribution in [0.2, 0.25) is 5.02 Å². The first-order chi connectivity index (χ1) is 8.20. The lowest BCUT2D eigenvalue weighted by molar-refractivity contribution is 0.287. The number of nitriles is 1. The summed E-state index contributed by atoms with van der Waals surface area (Å²) >= 11 is 5.88. The van der Waals surface area contributed by atoms with E-state index in [2.05, 4.69) is 5.16 Å². The summed E-state index contributed by atoms with van der Waals surface area (Å²) in [6.07, 6.45) is 0. The number of aryl methyl sites for hydroxylation is 1. The molecule has 1 aromatic heterocycles. The molecule has 17 heavy (non-hydrogen) atoms. The molecule has 0 aliphatic heterocycles. The van der Waals surface area contributed by atoms with E-state index in [1.165, 1.54) is 0 Å². The number of ether oxygens (including phenoxy) is 1. The van der Waals surface area contributed by atoms with Crippen LogP contribution in [0.4, 0.5) is 0 Å². The zero-order chi connectivity index (χ0) is 12.3. The van der Waals surface area contributed by atoms with Crippen LogP contribution in [0.3, 0.4) is 0 Å². The molecular formula is C12H9ClN2O2. The second kappa shape index (κ2) is 4.89. The lowest BCUT2D eigenvalue weighted by Gasteiger charge is -2.06. The van der Waals surface area contributed by atoms with Gasteiger partial charge in [-0.05, 0) is 19.1 Å². The van der Waals surface area contributed by atoms with Gasteiger partial charge < -0.3 is 9.26 Å². The Hall–Kier alpha value is -1.99. The highest BCUT2D eigenvalue weighted by Gasteiger charge is 2.08. The van der Waals surface area contributed by atoms with Gasteiger partial charge in [-0.25, -0.2) is 0 Å². The standard InChI is InChI=1S/C12H9ClN2O2/c1-8-5-9(15-17-8)7-16-12-4-2-3-11(13)10(12)6-14/h2-5H,7H2,1H3. The molecule has 0 saturated carbocycles. The third-order valence-corrected chi connectivity index (χ3v) is 2.45. The molecule has 1 aromatic carbocycles. The Balaban J connectivity index is 2.14. The van der Waals surface area contributed by atoms with Crippen LogP contribution < -0.4 is 4.74 Å².